The van der Waals surface area contributed by atoms with E-state index in [1.165, 1.54) is 0 Å². The molecule has 0 radical (unpaired) electrons. The third-order valence-corrected chi connectivity index (χ3v) is 4.78. The molecule has 0 fully saturated rings. The lowest BCUT2D eigenvalue weighted by atomic mass is 9.96. The molecule has 29 heavy (non-hydrogen) atoms. The van der Waals surface area contributed by atoms with Crippen LogP contribution in [0.4, 0.5) is 0 Å². The summed E-state index contributed by atoms with van der Waals surface area (Å²) in [6.07, 6.45) is 4.27. The highest BCUT2D eigenvalue weighted by atomic mass is 16.3. The van der Waals surface area contributed by atoms with Gasteiger partial charge in [0.1, 0.15) is 28.1 Å². The highest BCUT2D eigenvalue weighted by Gasteiger charge is 2.23. The number of phenolic OH excluding ortho intramolecular Hbond substituents is 4. The number of benzene rings is 2. The van der Waals surface area contributed by atoms with Gasteiger partial charge < -0.3 is 24.8 Å². The maximum atomic E-state index is 13.1. The normalized spacial score (nSPS) is 11.0. The summed E-state index contributed by atoms with van der Waals surface area (Å²) >= 11 is 0. The first kappa shape index (κ1) is 20.3. The number of phenols is 4. The molecule has 0 spiro atoms. The van der Waals surface area contributed by atoms with Crippen LogP contribution in [-0.2, 0) is 12.8 Å². The van der Waals surface area contributed by atoms with Crippen LogP contribution in [-0.4, -0.2) is 20.4 Å². The lowest BCUT2D eigenvalue weighted by molar-refractivity contribution is 0.404. The van der Waals surface area contributed by atoms with Gasteiger partial charge in [-0.15, -0.1) is 0 Å². The Bertz CT molecular complexity index is 1240. The van der Waals surface area contributed by atoms with E-state index in [0.717, 1.165) is 23.3 Å². The zero-order valence-corrected chi connectivity index (χ0v) is 16.8. The van der Waals surface area contributed by atoms with Crippen LogP contribution in [0.2, 0.25) is 0 Å². The molecule has 1 heterocycles. The number of hydrogen-bond donors (Lipinski definition) is 4. The summed E-state index contributed by atoms with van der Waals surface area (Å²) in [5, 5.41) is 41.2. The summed E-state index contributed by atoms with van der Waals surface area (Å²) < 4.78 is 5.83. The minimum Gasteiger partial charge on any atom is -0.507 e. The maximum Gasteiger partial charge on any atom is 0.204 e. The largest absolute Gasteiger partial charge is 0.507 e. The Kier molecular flexibility index (Phi) is 5.29. The molecule has 0 aliphatic heterocycles. The average Bonchev–Trinajstić information content (AvgIpc) is 2.62. The van der Waals surface area contributed by atoms with Crippen LogP contribution in [0, 0.1) is 0 Å². The van der Waals surface area contributed by atoms with Gasteiger partial charge in [-0.2, -0.15) is 0 Å². The SMILES string of the molecule is CC(C)=CCc1c(O)c(CC=C(C)C)c2oc3cc(O)c(O)cc3c(=O)c2c1O. The van der Waals surface area contributed by atoms with Crippen LogP contribution < -0.4 is 5.43 Å². The van der Waals surface area contributed by atoms with E-state index in [1.807, 2.05) is 39.8 Å². The Hall–Kier alpha value is -3.41. The number of hydrogen-bond acceptors (Lipinski definition) is 6. The minimum absolute atomic E-state index is 0.0233. The fourth-order valence-corrected chi connectivity index (χ4v) is 3.19. The Balaban J connectivity index is 2.49. The van der Waals surface area contributed by atoms with Gasteiger partial charge in [-0.3, -0.25) is 4.79 Å². The van der Waals surface area contributed by atoms with Gasteiger partial charge in [0.15, 0.2) is 11.5 Å². The van der Waals surface area contributed by atoms with E-state index in [2.05, 4.69) is 0 Å². The zero-order valence-electron chi connectivity index (χ0n) is 16.8. The zero-order chi connectivity index (χ0) is 21.5. The molecule has 3 aromatic rings. The van der Waals surface area contributed by atoms with Crippen LogP contribution in [0.3, 0.4) is 0 Å². The molecule has 0 saturated heterocycles. The van der Waals surface area contributed by atoms with Crippen LogP contribution in [0.1, 0.15) is 38.8 Å². The van der Waals surface area contributed by atoms with Gasteiger partial charge in [0.2, 0.25) is 5.43 Å². The van der Waals surface area contributed by atoms with E-state index in [0.29, 0.717) is 12.0 Å². The third-order valence-electron chi connectivity index (χ3n) is 4.78. The Morgan fingerprint density at radius 2 is 1.41 bits per heavy atom. The highest BCUT2D eigenvalue weighted by Crippen LogP contribution is 2.41. The van der Waals surface area contributed by atoms with Gasteiger partial charge in [-0.1, -0.05) is 23.3 Å². The van der Waals surface area contributed by atoms with Gasteiger partial charge in [-0.05, 0) is 46.6 Å². The van der Waals surface area contributed by atoms with Crippen molar-refractivity contribution < 1.29 is 24.8 Å². The number of rotatable bonds is 4. The van der Waals surface area contributed by atoms with Crippen molar-refractivity contribution in [2.45, 2.75) is 40.5 Å². The molecule has 0 amide bonds. The molecule has 6 nitrogen and oxygen atoms in total. The Morgan fingerprint density at radius 3 is 2.00 bits per heavy atom. The molecular weight excluding hydrogens is 372 g/mol. The quantitative estimate of drug-likeness (QED) is 0.287. The summed E-state index contributed by atoms with van der Waals surface area (Å²) in [4.78, 5) is 13.1. The number of allylic oxidation sites excluding steroid dienone is 4. The van der Waals surface area contributed by atoms with Crippen LogP contribution in [0.15, 0.2) is 44.6 Å². The van der Waals surface area contributed by atoms with Crippen molar-refractivity contribution in [3.8, 4) is 23.0 Å². The second kappa shape index (κ2) is 7.54. The first-order valence-corrected chi connectivity index (χ1v) is 9.26. The molecular formula is C23H24O6. The molecule has 0 unspecified atom stereocenters. The molecule has 0 saturated carbocycles. The first-order chi connectivity index (χ1) is 13.6. The molecule has 3 rings (SSSR count). The number of fused-ring (bicyclic) bond motifs is 2. The molecule has 0 aliphatic carbocycles. The molecule has 0 atom stereocenters. The van der Waals surface area contributed by atoms with Crippen molar-refractivity contribution in [1.82, 2.24) is 0 Å². The topological polar surface area (TPSA) is 111 Å². The van der Waals surface area contributed by atoms with Crippen LogP contribution >= 0.6 is 0 Å². The van der Waals surface area contributed by atoms with Crippen molar-refractivity contribution in [2.75, 3.05) is 0 Å². The lowest BCUT2D eigenvalue weighted by Crippen LogP contribution is -2.06. The summed E-state index contributed by atoms with van der Waals surface area (Å²) in [7, 11) is 0. The van der Waals surface area contributed by atoms with Gasteiger partial charge >= 0.3 is 0 Å². The fourth-order valence-electron chi connectivity index (χ4n) is 3.19. The van der Waals surface area contributed by atoms with Gasteiger partial charge in [0, 0.05) is 17.2 Å². The molecule has 1 aromatic heterocycles. The number of aromatic hydroxyl groups is 4. The standard InChI is InChI=1S/C23H24O6/c1-11(2)5-7-13-20(26)14(8-6-12(3)4)23-19(21(13)27)22(28)15-9-16(24)17(25)10-18(15)29-23/h5-6,9-10,24-27H,7-8H2,1-4H3. The summed E-state index contributed by atoms with van der Waals surface area (Å²) in [5.74, 6) is -1.37. The second-order valence-electron chi connectivity index (χ2n) is 7.60. The first-order valence-electron chi connectivity index (χ1n) is 9.26. The molecule has 0 aliphatic rings. The van der Waals surface area contributed by atoms with E-state index in [4.69, 9.17) is 4.42 Å². The van der Waals surface area contributed by atoms with Crippen molar-refractivity contribution in [1.29, 1.82) is 0 Å². The van der Waals surface area contributed by atoms with Crippen molar-refractivity contribution in [2.24, 2.45) is 0 Å². The van der Waals surface area contributed by atoms with E-state index < -0.39 is 16.9 Å². The molecule has 152 valence electrons. The van der Waals surface area contributed by atoms with E-state index in [9.17, 15) is 25.2 Å². The predicted octanol–water partition coefficient (Wildman–Crippen LogP) is 4.79. The van der Waals surface area contributed by atoms with Gasteiger partial charge in [0.25, 0.3) is 0 Å². The molecule has 2 aromatic carbocycles. The van der Waals surface area contributed by atoms with Crippen LogP contribution in [0.25, 0.3) is 21.9 Å². The molecule has 4 N–H and O–H groups in total. The van der Waals surface area contributed by atoms with Crippen molar-refractivity contribution in [3.05, 3.63) is 56.8 Å². The summed E-state index contributed by atoms with van der Waals surface area (Å²) in [5.41, 5.74) is 2.19. The highest BCUT2D eigenvalue weighted by molar-refractivity contribution is 5.97. The van der Waals surface area contributed by atoms with E-state index in [1.54, 1.807) is 0 Å². The molecule has 6 heteroatoms. The summed E-state index contributed by atoms with van der Waals surface area (Å²) in [6, 6.07) is 2.25. The lowest BCUT2D eigenvalue weighted by Gasteiger charge is -2.15. The van der Waals surface area contributed by atoms with Gasteiger partial charge in [-0.25, -0.2) is 0 Å². The van der Waals surface area contributed by atoms with Gasteiger partial charge in [0.05, 0.1) is 5.39 Å². The second-order valence-corrected chi connectivity index (χ2v) is 7.60. The van der Waals surface area contributed by atoms with Crippen LogP contribution in [0.5, 0.6) is 23.0 Å². The maximum absolute atomic E-state index is 13.1. The van der Waals surface area contributed by atoms with Crippen molar-refractivity contribution in [3.63, 3.8) is 0 Å². The fraction of sp³-hybridized carbons (Fsp3) is 0.261. The minimum atomic E-state index is -0.550. The van der Waals surface area contributed by atoms with Crippen molar-refractivity contribution >= 4 is 21.9 Å². The average molecular weight is 396 g/mol. The Morgan fingerprint density at radius 1 is 0.862 bits per heavy atom. The van der Waals surface area contributed by atoms with E-state index in [-0.39, 0.29) is 45.4 Å². The predicted molar refractivity (Wildman–Crippen MR) is 113 cm³/mol. The Labute approximate surface area is 167 Å². The molecule has 0 bridgehead atoms. The summed E-state index contributed by atoms with van der Waals surface area (Å²) in [6.45, 7) is 7.62. The third kappa shape index (κ3) is 3.66. The smallest absolute Gasteiger partial charge is 0.204 e. The van der Waals surface area contributed by atoms with E-state index >= 15 is 0 Å². The monoisotopic (exact) mass is 396 g/mol.